The molecule has 0 rings (SSSR count). The highest BCUT2D eigenvalue weighted by atomic mass is 19.4. The van der Waals surface area contributed by atoms with Crippen LogP contribution in [0, 0.1) is 5.92 Å². The van der Waals surface area contributed by atoms with Gasteiger partial charge in [-0.25, -0.2) is 4.39 Å². The molecule has 0 aromatic rings. The number of hydrogen-bond acceptors (Lipinski definition) is 1. The maximum Gasteiger partial charge on any atom is 0.426 e. The van der Waals surface area contributed by atoms with Crippen molar-refractivity contribution in [2.75, 3.05) is 0 Å². The van der Waals surface area contributed by atoms with Crippen LogP contribution in [0.3, 0.4) is 0 Å². The highest BCUT2D eigenvalue weighted by Crippen LogP contribution is 2.50. The van der Waals surface area contributed by atoms with Crippen LogP contribution in [0.2, 0.25) is 0 Å². The van der Waals surface area contributed by atoms with Crippen molar-refractivity contribution in [1.29, 1.82) is 0 Å². The summed E-state index contributed by atoms with van der Waals surface area (Å²) in [5.41, 5.74) is -5.32. The van der Waals surface area contributed by atoms with Gasteiger partial charge < -0.3 is 5.11 Å². The summed E-state index contributed by atoms with van der Waals surface area (Å²) in [7, 11) is 0. The lowest BCUT2D eigenvalue weighted by Crippen LogP contribution is -2.61. The molecule has 0 aromatic heterocycles. The lowest BCUT2D eigenvalue weighted by atomic mass is 9.81. The van der Waals surface area contributed by atoms with Crippen LogP contribution in [-0.2, 0) is 0 Å². The minimum Gasteiger partial charge on any atom is -0.373 e. The topological polar surface area (TPSA) is 20.2 Å². The molecule has 0 aliphatic carbocycles. The van der Waals surface area contributed by atoms with E-state index in [4.69, 9.17) is 5.11 Å². The van der Waals surface area contributed by atoms with Gasteiger partial charge in [0, 0.05) is 12.3 Å². The molecule has 0 bridgehead atoms. The van der Waals surface area contributed by atoms with Gasteiger partial charge in [0.15, 0.2) is 0 Å². The summed E-state index contributed by atoms with van der Waals surface area (Å²) in [5, 5.41) is 8.97. The summed E-state index contributed by atoms with van der Waals surface area (Å²) >= 11 is 0. The Morgan fingerprint density at radius 1 is 1.00 bits per heavy atom. The zero-order valence-electron chi connectivity index (χ0n) is 9.62. The third kappa shape index (κ3) is 4.15. The number of hydrogen-bond donors (Lipinski definition) is 1. The van der Waals surface area contributed by atoms with Gasteiger partial charge in [-0.15, -0.1) is 0 Å². The van der Waals surface area contributed by atoms with Crippen molar-refractivity contribution in [2.45, 2.75) is 30.8 Å². The Balaban J connectivity index is 5.77. The summed E-state index contributed by atoms with van der Waals surface area (Å²) in [6.45, 7) is 2.48. The molecule has 10 heteroatoms. The summed E-state index contributed by atoms with van der Waals surface area (Å²) in [6.07, 6.45) is -18.3. The van der Waals surface area contributed by atoms with E-state index in [2.05, 4.69) is 6.58 Å². The van der Waals surface area contributed by atoms with E-state index in [9.17, 15) is 39.5 Å². The van der Waals surface area contributed by atoms with Gasteiger partial charge in [0.1, 0.15) is 0 Å². The fraction of sp³-hybridized carbons (Fsp3) is 0.600. The first kappa shape index (κ1) is 18.8. The molecule has 0 saturated heterocycles. The normalized spacial score (nSPS) is 14.9. The molecular formula is C10H9F9O. The second-order valence-electron chi connectivity index (χ2n) is 3.91. The Hall–Kier alpha value is -1.19. The van der Waals surface area contributed by atoms with Crippen molar-refractivity contribution < 1.29 is 44.6 Å². The van der Waals surface area contributed by atoms with E-state index < -0.39 is 48.6 Å². The molecule has 1 N–H and O–H groups in total. The quantitative estimate of drug-likeness (QED) is 0.740. The molecular weight excluding hydrogens is 307 g/mol. The summed E-state index contributed by atoms with van der Waals surface area (Å²) in [5.74, 6) is -4.52. The SMILES string of the molecule is C=C(F)CC(CC=C(F)F)C(O)(C(F)(F)F)C(F)(F)F. The molecule has 0 aliphatic rings. The lowest BCUT2D eigenvalue weighted by molar-refractivity contribution is -0.384. The largest absolute Gasteiger partial charge is 0.426 e. The number of aliphatic hydroxyl groups is 1. The lowest BCUT2D eigenvalue weighted by Gasteiger charge is -2.38. The number of alkyl halides is 6. The van der Waals surface area contributed by atoms with E-state index in [1.54, 1.807) is 0 Å². The predicted molar refractivity (Wildman–Crippen MR) is 50.3 cm³/mol. The van der Waals surface area contributed by atoms with Gasteiger partial charge in [-0.05, 0) is 12.5 Å². The molecule has 1 nitrogen and oxygen atoms in total. The van der Waals surface area contributed by atoms with Crippen LogP contribution >= 0.6 is 0 Å². The van der Waals surface area contributed by atoms with Crippen LogP contribution in [0.15, 0.2) is 24.6 Å². The average molecular weight is 316 g/mol. The molecule has 0 fully saturated rings. The second-order valence-corrected chi connectivity index (χ2v) is 3.91. The number of rotatable bonds is 5. The smallest absolute Gasteiger partial charge is 0.373 e. The Morgan fingerprint density at radius 2 is 1.40 bits per heavy atom. The zero-order chi connectivity index (χ0) is 16.4. The third-order valence-corrected chi connectivity index (χ3v) is 2.48. The molecule has 0 amide bonds. The van der Waals surface area contributed by atoms with Gasteiger partial charge in [-0.1, -0.05) is 6.58 Å². The second kappa shape index (κ2) is 6.06. The van der Waals surface area contributed by atoms with Crippen LogP contribution < -0.4 is 0 Å². The first-order valence-corrected chi connectivity index (χ1v) is 4.93. The average Bonchev–Trinajstić information content (AvgIpc) is 2.18. The van der Waals surface area contributed by atoms with E-state index >= 15 is 0 Å². The fourth-order valence-corrected chi connectivity index (χ4v) is 1.52. The van der Waals surface area contributed by atoms with Gasteiger partial charge in [0.05, 0.1) is 5.83 Å². The summed E-state index contributed by atoms with van der Waals surface area (Å²) < 4.78 is 111. The molecule has 118 valence electrons. The third-order valence-electron chi connectivity index (χ3n) is 2.48. The molecule has 20 heavy (non-hydrogen) atoms. The minimum atomic E-state index is -6.22. The molecule has 0 aliphatic heterocycles. The van der Waals surface area contributed by atoms with Crippen molar-refractivity contribution in [1.82, 2.24) is 0 Å². The molecule has 1 unspecified atom stereocenters. The van der Waals surface area contributed by atoms with Crippen LogP contribution in [-0.4, -0.2) is 23.1 Å². The Kier molecular flexibility index (Phi) is 5.70. The maximum absolute atomic E-state index is 12.5. The molecule has 0 aromatic carbocycles. The first-order chi connectivity index (χ1) is 8.73. The number of allylic oxidation sites excluding steroid dienone is 2. The van der Waals surface area contributed by atoms with E-state index in [0.29, 0.717) is 0 Å². The Labute approximate surface area is 107 Å². The van der Waals surface area contributed by atoms with Crippen LogP contribution in [0.5, 0.6) is 0 Å². The summed E-state index contributed by atoms with van der Waals surface area (Å²) in [6, 6.07) is 0. The Bertz CT molecular complexity index is 361. The van der Waals surface area contributed by atoms with E-state index in [1.165, 1.54) is 0 Å². The highest BCUT2D eigenvalue weighted by molar-refractivity contribution is 5.05. The van der Waals surface area contributed by atoms with E-state index in [0.717, 1.165) is 0 Å². The molecule has 1 atom stereocenters. The van der Waals surface area contributed by atoms with Gasteiger partial charge in [0.2, 0.25) is 0 Å². The molecule has 0 spiro atoms. The maximum atomic E-state index is 12.5. The van der Waals surface area contributed by atoms with Crippen LogP contribution in [0.1, 0.15) is 12.8 Å². The Morgan fingerprint density at radius 3 is 1.65 bits per heavy atom. The zero-order valence-corrected chi connectivity index (χ0v) is 9.62. The van der Waals surface area contributed by atoms with Crippen molar-refractivity contribution in [3.8, 4) is 0 Å². The molecule has 0 radical (unpaired) electrons. The van der Waals surface area contributed by atoms with Gasteiger partial charge in [0.25, 0.3) is 11.7 Å². The van der Waals surface area contributed by atoms with Crippen molar-refractivity contribution in [3.05, 3.63) is 24.6 Å². The van der Waals surface area contributed by atoms with Crippen LogP contribution in [0.25, 0.3) is 0 Å². The standard InChI is InChI=1S/C10H9F9O/c1-5(11)4-6(2-3-7(12)13)8(20,9(14,15)16)10(17,18)19/h3,6,20H,1-2,4H2. The van der Waals surface area contributed by atoms with Crippen LogP contribution in [0.4, 0.5) is 39.5 Å². The monoisotopic (exact) mass is 316 g/mol. The fourth-order valence-electron chi connectivity index (χ4n) is 1.52. The minimum absolute atomic E-state index is 0.254. The van der Waals surface area contributed by atoms with E-state index in [1.807, 2.05) is 0 Å². The van der Waals surface area contributed by atoms with Gasteiger partial charge >= 0.3 is 12.4 Å². The van der Waals surface area contributed by atoms with Crippen molar-refractivity contribution in [3.63, 3.8) is 0 Å². The highest BCUT2D eigenvalue weighted by Gasteiger charge is 2.73. The number of halogens is 9. The first-order valence-electron chi connectivity index (χ1n) is 4.93. The molecule has 0 saturated carbocycles. The van der Waals surface area contributed by atoms with Crippen molar-refractivity contribution >= 4 is 0 Å². The van der Waals surface area contributed by atoms with Gasteiger partial charge in [-0.3, -0.25) is 0 Å². The summed E-state index contributed by atoms with van der Waals surface area (Å²) in [4.78, 5) is 0. The van der Waals surface area contributed by atoms with Crippen molar-refractivity contribution in [2.24, 2.45) is 5.92 Å². The van der Waals surface area contributed by atoms with E-state index in [-0.39, 0.29) is 6.08 Å². The van der Waals surface area contributed by atoms with Gasteiger partial charge in [-0.2, -0.15) is 35.1 Å². The predicted octanol–water partition coefficient (Wildman–Crippen LogP) is 4.50. The molecule has 0 heterocycles.